The van der Waals surface area contributed by atoms with Gasteiger partial charge in [0.25, 0.3) is 0 Å². The SMILES string of the molecule is COCC(C)C.Cc1cccc(C(CO)c2ccn(-c3nc(C)ncc3C)c2)c1.NC=O. The molecule has 7 heteroatoms. The van der Waals surface area contributed by atoms with Crippen molar-refractivity contribution in [2.75, 3.05) is 20.3 Å². The van der Waals surface area contributed by atoms with Crippen LogP contribution in [0.1, 0.15) is 47.8 Å². The van der Waals surface area contributed by atoms with E-state index in [9.17, 15) is 5.11 Å². The largest absolute Gasteiger partial charge is 0.395 e. The van der Waals surface area contributed by atoms with E-state index in [0.717, 1.165) is 34.9 Å². The molecule has 3 rings (SSSR count). The van der Waals surface area contributed by atoms with Crippen LogP contribution in [0.25, 0.3) is 5.82 Å². The summed E-state index contributed by atoms with van der Waals surface area (Å²) in [4.78, 5) is 17.3. The maximum atomic E-state index is 9.87. The second-order valence-corrected chi connectivity index (χ2v) is 7.91. The lowest BCUT2D eigenvalue weighted by atomic mass is 9.93. The number of ether oxygens (including phenoxy) is 1. The molecule has 0 saturated heterocycles. The first-order chi connectivity index (χ1) is 15.3. The Bertz CT molecular complexity index is 954. The van der Waals surface area contributed by atoms with E-state index in [0.29, 0.717) is 5.92 Å². The number of aromatic nitrogens is 3. The number of nitrogens with zero attached hydrogens (tertiary/aromatic N) is 3. The van der Waals surface area contributed by atoms with Gasteiger partial charge in [-0.15, -0.1) is 0 Å². The molecule has 3 N–H and O–H groups in total. The van der Waals surface area contributed by atoms with Crippen molar-refractivity contribution in [2.45, 2.75) is 40.5 Å². The number of aryl methyl sites for hydroxylation is 3. The quantitative estimate of drug-likeness (QED) is 0.569. The Hall–Kier alpha value is -3.03. The maximum absolute atomic E-state index is 9.87. The van der Waals surface area contributed by atoms with Gasteiger partial charge in [-0.3, -0.25) is 4.79 Å². The fourth-order valence-electron chi connectivity index (χ4n) is 3.15. The van der Waals surface area contributed by atoms with Crippen molar-refractivity contribution in [3.05, 3.63) is 77.0 Å². The fourth-order valence-corrected chi connectivity index (χ4v) is 3.15. The highest BCUT2D eigenvalue weighted by atomic mass is 16.5. The van der Waals surface area contributed by atoms with Crippen molar-refractivity contribution in [2.24, 2.45) is 11.7 Å². The normalized spacial score (nSPS) is 11.1. The first-order valence-corrected chi connectivity index (χ1v) is 10.6. The number of benzene rings is 1. The number of hydrogen-bond acceptors (Lipinski definition) is 5. The Labute approximate surface area is 191 Å². The number of nitrogens with two attached hydrogens (primary N) is 1. The summed E-state index contributed by atoms with van der Waals surface area (Å²) in [7, 11) is 1.72. The Morgan fingerprint density at radius 1 is 1.19 bits per heavy atom. The van der Waals surface area contributed by atoms with E-state index in [1.807, 2.05) is 49.1 Å². The minimum atomic E-state index is -0.0283. The standard InChI is InChI=1S/C19H21N3O.C5H12O.CH3NO/c1-13-5-4-6-16(9-13)18(12-23)17-7-8-22(11-17)19-14(2)10-20-15(3)21-19;1-5(2)4-6-3;2-1-3/h4-11,18,23H,12H2,1-3H3;5H,4H2,1-3H3;1H,(H2,2,3). The smallest absolute Gasteiger partial charge is 0.204 e. The van der Waals surface area contributed by atoms with E-state index < -0.39 is 0 Å². The highest BCUT2D eigenvalue weighted by Gasteiger charge is 2.15. The average molecular weight is 441 g/mol. The van der Waals surface area contributed by atoms with Gasteiger partial charge in [-0.05, 0) is 43.9 Å². The van der Waals surface area contributed by atoms with Gasteiger partial charge in [0.1, 0.15) is 11.6 Å². The summed E-state index contributed by atoms with van der Waals surface area (Å²) in [5.41, 5.74) is 8.59. The number of carbonyl (C=O) groups is 1. The topological polar surface area (TPSA) is 103 Å². The van der Waals surface area contributed by atoms with Crippen molar-refractivity contribution in [3.8, 4) is 5.82 Å². The first-order valence-electron chi connectivity index (χ1n) is 10.6. The molecule has 0 bridgehead atoms. The number of hydrogen-bond donors (Lipinski definition) is 2. The van der Waals surface area contributed by atoms with Crippen molar-refractivity contribution < 1.29 is 14.6 Å². The van der Waals surface area contributed by atoms with Crippen LogP contribution in [0.4, 0.5) is 0 Å². The van der Waals surface area contributed by atoms with Crippen LogP contribution >= 0.6 is 0 Å². The van der Waals surface area contributed by atoms with Crippen LogP contribution in [0.5, 0.6) is 0 Å². The number of rotatable bonds is 6. The first kappa shape index (κ1) is 27.0. The molecular weight excluding hydrogens is 404 g/mol. The van der Waals surface area contributed by atoms with Crippen LogP contribution in [0.3, 0.4) is 0 Å². The summed E-state index contributed by atoms with van der Waals surface area (Å²) in [6, 6.07) is 10.3. The van der Waals surface area contributed by atoms with Gasteiger partial charge in [-0.2, -0.15) is 0 Å². The zero-order valence-electron chi connectivity index (χ0n) is 19.9. The molecule has 7 nitrogen and oxygen atoms in total. The van der Waals surface area contributed by atoms with Crippen molar-refractivity contribution in [1.29, 1.82) is 0 Å². The molecule has 2 aromatic heterocycles. The molecule has 0 radical (unpaired) electrons. The summed E-state index contributed by atoms with van der Waals surface area (Å²) in [6.45, 7) is 11.2. The van der Waals surface area contributed by atoms with E-state index >= 15 is 0 Å². The lowest BCUT2D eigenvalue weighted by molar-refractivity contribution is -0.106. The van der Waals surface area contributed by atoms with Crippen LogP contribution in [0, 0.1) is 26.7 Å². The number of aliphatic hydroxyl groups is 1. The Morgan fingerprint density at radius 3 is 2.41 bits per heavy atom. The molecule has 0 aliphatic heterocycles. The van der Waals surface area contributed by atoms with E-state index in [4.69, 9.17) is 9.53 Å². The minimum Gasteiger partial charge on any atom is -0.395 e. The summed E-state index contributed by atoms with van der Waals surface area (Å²) in [6.07, 6.45) is 6.11. The van der Waals surface area contributed by atoms with Crippen LogP contribution in [-0.4, -0.2) is 46.4 Å². The molecule has 0 spiro atoms. The van der Waals surface area contributed by atoms with Gasteiger partial charge in [-0.1, -0.05) is 43.7 Å². The minimum absolute atomic E-state index is 0.0283. The fraction of sp³-hybridized carbons (Fsp3) is 0.400. The number of amides is 1. The monoisotopic (exact) mass is 440 g/mol. The average Bonchev–Trinajstić information content (AvgIpc) is 3.21. The van der Waals surface area contributed by atoms with Gasteiger partial charge in [0.2, 0.25) is 6.41 Å². The van der Waals surface area contributed by atoms with E-state index in [-0.39, 0.29) is 18.9 Å². The van der Waals surface area contributed by atoms with Crippen molar-refractivity contribution in [1.82, 2.24) is 14.5 Å². The molecule has 1 aromatic carbocycles. The summed E-state index contributed by atoms with van der Waals surface area (Å²) >= 11 is 0. The second kappa shape index (κ2) is 14.1. The molecule has 1 atom stereocenters. The summed E-state index contributed by atoms with van der Waals surface area (Å²) < 4.78 is 6.80. The second-order valence-electron chi connectivity index (χ2n) is 7.91. The number of primary amides is 1. The lowest BCUT2D eigenvalue weighted by Gasteiger charge is -2.14. The Kier molecular flexibility index (Phi) is 11.9. The van der Waals surface area contributed by atoms with Crippen molar-refractivity contribution >= 4 is 6.41 Å². The van der Waals surface area contributed by atoms with Crippen LogP contribution in [0.2, 0.25) is 0 Å². The molecule has 3 aromatic rings. The molecule has 0 aliphatic carbocycles. The van der Waals surface area contributed by atoms with E-state index in [1.54, 1.807) is 7.11 Å². The Balaban J connectivity index is 0.000000486. The van der Waals surface area contributed by atoms with Crippen LogP contribution in [-0.2, 0) is 9.53 Å². The van der Waals surface area contributed by atoms with Gasteiger partial charge in [0.05, 0.1) is 6.61 Å². The number of carbonyl (C=O) groups excluding carboxylic acids is 1. The third kappa shape index (κ3) is 8.61. The molecule has 0 aliphatic rings. The van der Waals surface area contributed by atoms with Gasteiger partial charge >= 0.3 is 0 Å². The molecule has 174 valence electrons. The van der Waals surface area contributed by atoms with Crippen LogP contribution < -0.4 is 5.73 Å². The summed E-state index contributed by atoms with van der Waals surface area (Å²) in [5.74, 6) is 2.28. The van der Waals surface area contributed by atoms with E-state index in [2.05, 4.69) is 54.7 Å². The third-order valence-electron chi connectivity index (χ3n) is 4.56. The molecule has 0 saturated carbocycles. The highest BCUT2D eigenvalue weighted by Crippen LogP contribution is 2.26. The predicted molar refractivity (Wildman–Crippen MR) is 128 cm³/mol. The third-order valence-corrected chi connectivity index (χ3v) is 4.56. The highest BCUT2D eigenvalue weighted by molar-refractivity contribution is 5.42. The molecule has 1 unspecified atom stereocenters. The molecule has 32 heavy (non-hydrogen) atoms. The van der Waals surface area contributed by atoms with Crippen LogP contribution in [0.15, 0.2) is 48.9 Å². The Morgan fingerprint density at radius 2 is 1.88 bits per heavy atom. The van der Waals surface area contributed by atoms with Gasteiger partial charge in [0, 0.05) is 43.8 Å². The predicted octanol–water partition coefficient (Wildman–Crippen LogP) is 3.71. The molecule has 2 heterocycles. The van der Waals surface area contributed by atoms with Crippen molar-refractivity contribution in [3.63, 3.8) is 0 Å². The number of methoxy groups -OCH3 is 1. The van der Waals surface area contributed by atoms with Gasteiger partial charge < -0.3 is 20.1 Å². The number of aliphatic hydroxyl groups excluding tert-OH is 1. The molecule has 1 amide bonds. The maximum Gasteiger partial charge on any atom is 0.204 e. The molecule has 0 fully saturated rings. The van der Waals surface area contributed by atoms with Gasteiger partial charge in [0.15, 0.2) is 0 Å². The summed E-state index contributed by atoms with van der Waals surface area (Å²) in [5, 5.41) is 9.87. The zero-order valence-corrected chi connectivity index (χ0v) is 19.9. The molecular formula is C25H36N4O3. The van der Waals surface area contributed by atoms with E-state index in [1.165, 1.54) is 5.56 Å². The lowest BCUT2D eigenvalue weighted by Crippen LogP contribution is -2.06. The van der Waals surface area contributed by atoms with Gasteiger partial charge in [-0.25, -0.2) is 9.97 Å². The zero-order chi connectivity index (χ0) is 24.1.